The molecule has 2 rings (SSSR count). The quantitative estimate of drug-likeness (QED) is 0.782. The average Bonchev–Trinajstić information content (AvgIpc) is 2.88. The molecule has 1 unspecified atom stereocenters. The molecule has 1 atom stereocenters. The van der Waals surface area contributed by atoms with E-state index in [0.717, 1.165) is 25.2 Å². The van der Waals surface area contributed by atoms with Gasteiger partial charge in [-0.05, 0) is 13.1 Å². The number of furan rings is 1. The number of hydrogen-bond acceptors (Lipinski definition) is 6. The second-order valence-corrected chi connectivity index (χ2v) is 4.89. The van der Waals surface area contributed by atoms with Gasteiger partial charge in [-0.25, -0.2) is 4.79 Å². The second-order valence-electron chi connectivity index (χ2n) is 4.89. The Morgan fingerprint density at radius 3 is 3.05 bits per heavy atom. The van der Waals surface area contributed by atoms with Gasteiger partial charge in [0.2, 0.25) is 5.76 Å². The standard InChI is InChI=1S/C13H21N3O3/c1-15-4-5-16(11(7-14)9-15)8-10-3-6-19-12(10)13(17)18-2/h3,6,11H,4-5,7-9,14H2,1-2H3. The molecule has 1 aliphatic heterocycles. The first-order chi connectivity index (χ1) is 9.15. The van der Waals surface area contributed by atoms with Gasteiger partial charge < -0.3 is 19.8 Å². The molecule has 0 radical (unpaired) electrons. The molecule has 6 heteroatoms. The zero-order chi connectivity index (χ0) is 13.8. The topological polar surface area (TPSA) is 71.9 Å². The monoisotopic (exact) mass is 267 g/mol. The van der Waals surface area contributed by atoms with Crippen LogP contribution in [0.5, 0.6) is 0 Å². The summed E-state index contributed by atoms with van der Waals surface area (Å²) in [5.74, 6) is -0.143. The molecule has 106 valence electrons. The summed E-state index contributed by atoms with van der Waals surface area (Å²) in [5, 5.41) is 0. The molecule has 1 aromatic rings. The third-order valence-corrected chi connectivity index (χ3v) is 3.57. The third-order valence-electron chi connectivity index (χ3n) is 3.57. The number of methoxy groups -OCH3 is 1. The largest absolute Gasteiger partial charge is 0.463 e. The summed E-state index contributed by atoms with van der Waals surface area (Å²) in [6, 6.07) is 2.12. The van der Waals surface area contributed by atoms with Gasteiger partial charge in [0.15, 0.2) is 0 Å². The maximum atomic E-state index is 11.6. The highest BCUT2D eigenvalue weighted by Crippen LogP contribution is 2.17. The zero-order valence-electron chi connectivity index (χ0n) is 11.5. The Hall–Kier alpha value is -1.37. The molecular weight excluding hydrogens is 246 g/mol. The number of carbonyl (C=O) groups is 1. The summed E-state index contributed by atoms with van der Waals surface area (Å²) >= 11 is 0. The van der Waals surface area contributed by atoms with Crippen LogP contribution < -0.4 is 5.73 Å². The molecule has 0 saturated carbocycles. The van der Waals surface area contributed by atoms with E-state index in [1.165, 1.54) is 13.4 Å². The maximum Gasteiger partial charge on any atom is 0.374 e. The van der Waals surface area contributed by atoms with Gasteiger partial charge in [-0.2, -0.15) is 0 Å². The molecular formula is C13H21N3O3. The maximum absolute atomic E-state index is 11.6. The van der Waals surface area contributed by atoms with Gasteiger partial charge >= 0.3 is 5.97 Å². The molecule has 0 aliphatic carbocycles. The lowest BCUT2D eigenvalue weighted by Gasteiger charge is -2.39. The van der Waals surface area contributed by atoms with Crippen molar-refractivity contribution in [3.63, 3.8) is 0 Å². The van der Waals surface area contributed by atoms with Crippen LogP contribution in [0.4, 0.5) is 0 Å². The van der Waals surface area contributed by atoms with Crippen molar-refractivity contribution in [3.05, 3.63) is 23.7 Å². The second kappa shape index (κ2) is 6.18. The fourth-order valence-electron chi connectivity index (χ4n) is 2.43. The molecule has 1 saturated heterocycles. The van der Waals surface area contributed by atoms with E-state index < -0.39 is 5.97 Å². The Bertz CT molecular complexity index is 433. The highest BCUT2D eigenvalue weighted by atomic mass is 16.5. The minimum atomic E-state index is -0.432. The van der Waals surface area contributed by atoms with E-state index >= 15 is 0 Å². The Labute approximate surface area is 113 Å². The summed E-state index contributed by atoms with van der Waals surface area (Å²) in [5.41, 5.74) is 6.68. The van der Waals surface area contributed by atoms with Crippen molar-refractivity contribution in [2.45, 2.75) is 12.6 Å². The predicted molar refractivity (Wildman–Crippen MR) is 70.8 cm³/mol. The Morgan fingerprint density at radius 2 is 2.37 bits per heavy atom. The van der Waals surface area contributed by atoms with E-state index in [1.807, 2.05) is 6.07 Å². The van der Waals surface area contributed by atoms with Crippen LogP contribution in [-0.4, -0.2) is 62.1 Å². The van der Waals surface area contributed by atoms with Crippen molar-refractivity contribution >= 4 is 5.97 Å². The van der Waals surface area contributed by atoms with Crippen molar-refractivity contribution in [1.29, 1.82) is 0 Å². The first kappa shape index (κ1) is 14.0. The summed E-state index contributed by atoms with van der Waals surface area (Å²) < 4.78 is 9.92. The van der Waals surface area contributed by atoms with Crippen molar-refractivity contribution in [2.75, 3.05) is 40.3 Å². The molecule has 0 aromatic carbocycles. The van der Waals surface area contributed by atoms with Crippen LogP contribution in [0.2, 0.25) is 0 Å². The van der Waals surface area contributed by atoms with Gasteiger partial charge in [0.1, 0.15) is 0 Å². The first-order valence-corrected chi connectivity index (χ1v) is 6.43. The minimum Gasteiger partial charge on any atom is -0.463 e. The van der Waals surface area contributed by atoms with E-state index in [1.54, 1.807) is 0 Å². The number of nitrogens with two attached hydrogens (primary N) is 1. The predicted octanol–water partition coefficient (Wildman–Crippen LogP) is 0.141. The molecule has 2 heterocycles. The molecule has 0 amide bonds. The molecule has 0 bridgehead atoms. The van der Waals surface area contributed by atoms with Crippen molar-refractivity contribution < 1.29 is 13.9 Å². The van der Waals surface area contributed by atoms with Crippen molar-refractivity contribution in [1.82, 2.24) is 9.80 Å². The van der Waals surface area contributed by atoms with Gasteiger partial charge in [0, 0.05) is 44.3 Å². The van der Waals surface area contributed by atoms with E-state index in [4.69, 9.17) is 14.9 Å². The highest BCUT2D eigenvalue weighted by molar-refractivity contribution is 5.87. The van der Waals surface area contributed by atoms with E-state index in [2.05, 4.69) is 16.8 Å². The number of hydrogen-bond donors (Lipinski definition) is 1. The first-order valence-electron chi connectivity index (χ1n) is 6.43. The van der Waals surface area contributed by atoms with Crippen LogP contribution in [0.3, 0.4) is 0 Å². The van der Waals surface area contributed by atoms with Crippen molar-refractivity contribution in [2.24, 2.45) is 5.73 Å². The van der Waals surface area contributed by atoms with Crippen LogP contribution in [0.15, 0.2) is 16.7 Å². The van der Waals surface area contributed by atoms with Gasteiger partial charge in [0.25, 0.3) is 0 Å². The van der Waals surface area contributed by atoms with Crippen LogP contribution in [0.1, 0.15) is 16.1 Å². The van der Waals surface area contributed by atoms with Gasteiger partial charge in [0.05, 0.1) is 13.4 Å². The molecule has 1 fully saturated rings. The normalized spacial score (nSPS) is 21.5. The van der Waals surface area contributed by atoms with Crippen LogP contribution >= 0.6 is 0 Å². The van der Waals surface area contributed by atoms with Crippen LogP contribution in [0, 0.1) is 0 Å². The zero-order valence-corrected chi connectivity index (χ0v) is 11.5. The van der Waals surface area contributed by atoms with Gasteiger partial charge in [-0.15, -0.1) is 0 Å². The number of rotatable bonds is 4. The van der Waals surface area contributed by atoms with Gasteiger partial charge in [-0.3, -0.25) is 4.90 Å². The molecule has 6 nitrogen and oxygen atoms in total. The minimum absolute atomic E-state index is 0.289. The fourth-order valence-corrected chi connectivity index (χ4v) is 2.43. The Kier molecular flexibility index (Phi) is 4.57. The molecule has 2 N–H and O–H groups in total. The van der Waals surface area contributed by atoms with E-state index in [0.29, 0.717) is 19.1 Å². The van der Waals surface area contributed by atoms with Crippen LogP contribution in [-0.2, 0) is 11.3 Å². The number of carbonyl (C=O) groups excluding carboxylic acids is 1. The summed E-state index contributed by atoms with van der Waals surface area (Å²) in [4.78, 5) is 16.1. The summed E-state index contributed by atoms with van der Waals surface area (Å²) in [6.45, 7) is 4.15. The number of likely N-dealkylation sites (N-methyl/N-ethyl adjacent to an activating group) is 1. The highest BCUT2D eigenvalue weighted by Gasteiger charge is 2.26. The Morgan fingerprint density at radius 1 is 1.58 bits per heavy atom. The van der Waals surface area contributed by atoms with E-state index in [9.17, 15) is 4.79 Å². The lowest BCUT2D eigenvalue weighted by molar-refractivity contribution is 0.0555. The average molecular weight is 267 g/mol. The number of nitrogens with zero attached hydrogens (tertiary/aromatic N) is 2. The summed E-state index contributed by atoms with van der Waals surface area (Å²) in [7, 11) is 3.45. The summed E-state index contributed by atoms with van der Waals surface area (Å²) in [6.07, 6.45) is 1.52. The number of piperazine rings is 1. The lowest BCUT2D eigenvalue weighted by Crippen LogP contribution is -2.54. The number of esters is 1. The van der Waals surface area contributed by atoms with Crippen molar-refractivity contribution in [3.8, 4) is 0 Å². The van der Waals surface area contributed by atoms with Gasteiger partial charge in [-0.1, -0.05) is 0 Å². The number of ether oxygens (including phenoxy) is 1. The molecule has 19 heavy (non-hydrogen) atoms. The molecule has 1 aliphatic rings. The van der Waals surface area contributed by atoms with E-state index in [-0.39, 0.29) is 5.76 Å². The smallest absolute Gasteiger partial charge is 0.374 e. The third kappa shape index (κ3) is 3.15. The SMILES string of the molecule is COC(=O)c1occc1CN1CCN(C)CC1CN. The molecule has 1 aromatic heterocycles. The lowest BCUT2D eigenvalue weighted by atomic mass is 10.1. The molecule has 0 spiro atoms. The Balaban J connectivity index is 2.08. The van der Waals surface area contributed by atoms with Crippen LogP contribution in [0.25, 0.3) is 0 Å². The fraction of sp³-hybridized carbons (Fsp3) is 0.615.